The van der Waals surface area contributed by atoms with Crippen molar-refractivity contribution in [2.24, 2.45) is 10.9 Å². The van der Waals surface area contributed by atoms with Crippen LogP contribution in [0.2, 0.25) is 0 Å². The number of hydrogen-bond acceptors (Lipinski definition) is 2. The second kappa shape index (κ2) is 2.89. The lowest BCUT2D eigenvalue weighted by atomic mass is 10.0. The number of aromatic nitrogens is 1. The van der Waals surface area contributed by atoms with Gasteiger partial charge in [-0.2, -0.15) is 0 Å². The molecule has 1 aromatic heterocycles. The monoisotopic (exact) mass is 158 g/mol. The zero-order valence-corrected chi connectivity index (χ0v) is 6.94. The Bertz CT molecular complexity index is 325. The van der Waals surface area contributed by atoms with Crippen LogP contribution in [0.4, 0.5) is 0 Å². The van der Waals surface area contributed by atoms with E-state index in [1.807, 2.05) is 18.3 Å². The molecule has 60 valence electrons. The Hall–Kier alpha value is -1.44. The van der Waals surface area contributed by atoms with Crippen molar-refractivity contribution >= 4 is 5.71 Å². The molecule has 0 N–H and O–H groups in total. The molecule has 0 aliphatic carbocycles. The molecule has 1 unspecified atom stereocenters. The summed E-state index contributed by atoms with van der Waals surface area (Å²) in [6.07, 6.45) is 7.54. The first-order valence-corrected chi connectivity index (χ1v) is 4.02. The van der Waals surface area contributed by atoms with Gasteiger partial charge < -0.3 is 0 Å². The van der Waals surface area contributed by atoms with Crippen LogP contribution in [0.1, 0.15) is 12.5 Å². The van der Waals surface area contributed by atoms with Crippen LogP contribution < -0.4 is 0 Å². The quantitative estimate of drug-likeness (QED) is 0.614. The van der Waals surface area contributed by atoms with E-state index in [9.17, 15) is 0 Å². The summed E-state index contributed by atoms with van der Waals surface area (Å²) < 4.78 is 0. The fourth-order valence-corrected chi connectivity index (χ4v) is 1.32. The third kappa shape index (κ3) is 1.16. The van der Waals surface area contributed by atoms with E-state index in [-0.39, 0.29) is 0 Å². The Balaban J connectivity index is 2.34. The van der Waals surface area contributed by atoms with Gasteiger partial charge in [0, 0.05) is 24.5 Å². The van der Waals surface area contributed by atoms with E-state index in [2.05, 4.69) is 23.0 Å². The number of rotatable bonds is 1. The molecule has 2 heteroatoms. The molecule has 1 aliphatic rings. The first-order valence-electron chi connectivity index (χ1n) is 4.02. The maximum absolute atomic E-state index is 4.30. The van der Waals surface area contributed by atoms with E-state index in [0.29, 0.717) is 5.92 Å². The molecular formula is C10H10N2. The normalized spacial score (nSPS) is 21.1. The Kier molecular flexibility index (Phi) is 1.74. The largest absolute Gasteiger partial charge is 0.265 e. The summed E-state index contributed by atoms with van der Waals surface area (Å²) >= 11 is 0. The van der Waals surface area contributed by atoms with Gasteiger partial charge in [0.1, 0.15) is 0 Å². The number of aliphatic imine (C=N–C) groups is 1. The van der Waals surface area contributed by atoms with Gasteiger partial charge in [0.2, 0.25) is 0 Å². The standard InChI is InChI=1S/C10H10N2/c1-8-2-7-12-10(8)9-3-5-11-6-4-9/h2-8H,1H3. The van der Waals surface area contributed by atoms with Gasteiger partial charge in [0.25, 0.3) is 0 Å². The third-order valence-electron chi connectivity index (χ3n) is 2.00. The van der Waals surface area contributed by atoms with Gasteiger partial charge in [-0.25, -0.2) is 0 Å². The van der Waals surface area contributed by atoms with Crippen molar-refractivity contribution < 1.29 is 0 Å². The molecule has 0 aromatic carbocycles. The van der Waals surface area contributed by atoms with Crippen LogP contribution in [0.15, 0.2) is 41.8 Å². The molecule has 0 spiro atoms. The van der Waals surface area contributed by atoms with Crippen LogP contribution in [-0.4, -0.2) is 10.7 Å². The molecule has 12 heavy (non-hydrogen) atoms. The summed E-state index contributed by atoms with van der Waals surface area (Å²) in [5, 5.41) is 0. The Morgan fingerprint density at radius 3 is 2.58 bits per heavy atom. The van der Waals surface area contributed by atoms with Crippen molar-refractivity contribution in [2.75, 3.05) is 0 Å². The summed E-state index contributed by atoms with van der Waals surface area (Å²) in [5.74, 6) is 0.437. The number of nitrogens with zero attached hydrogens (tertiary/aromatic N) is 2. The fourth-order valence-electron chi connectivity index (χ4n) is 1.32. The van der Waals surface area contributed by atoms with Gasteiger partial charge in [0.15, 0.2) is 0 Å². The highest BCUT2D eigenvalue weighted by Gasteiger charge is 2.12. The summed E-state index contributed by atoms with van der Waals surface area (Å²) in [5.41, 5.74) is 2.31. The van der Waals surface area contributed by atoms with Crippen molar-refractivity contribution in [1.82, 2.24) is 4.98 Å². The molecule has 1 aliphatic heterocycles. The molecule has 1 atom stereocenters. The zero-order chi connectivity index (χ0) is 8.39. The van der Waals surface area contributed by atoms with E-state index < -0.39 is 0 Å². The minimum atomic E-state index is 0.437. The lowest BCUT2D eigenvalue weighted by Crippen LogP contribution is -2.06. The molecule has 0 saturated carbocycles. The highest BCUT2D eigenvalue weighted by molar-refractivity contribution is 6.04. The molecule has 1 aromatic rings. The van der Waals surface area contributed by atoms with Crippen LogP contribution in [0.25, 0.3) is 0 Å². The van der Waals surface area contributed by atoms with Crippen molar-refractivity contribution in [1.29, 1.82) is 0 Å². The van der Waals surface area contributed by atoms with Crippen LogP contribution in [0, 0.1) is 5.92 Å². The summed E-state index contributed by atoms with van der Waals surface area (Å²) in [6.45, 7) is 2.14. The van der Waals surface area contributed by atoms with Gasteiger partial charge in [-0.05, 0) is 17.7 Å². The van der Waals surface area contributed by atoms with Crippen LogP contribution in [0.5, 0.6) is 0 Å². The van der Waals surface area contributed by atoms with Gasteiger partial charge in [-0.15, -0.1) is 0 Å². The topological polar surface area (TPSA) is 25.2 Å². The van der Waals surface area contributed by atoms with Crippen molar-refractivity contribution in [2.45, 2.75) is 6.92 Å². The van der Waals surface area contributed by atoms with Crippen molar-refractivity contribution in [3.63, 3.8) is 0 Å². The van der Waals surface area contributed by atoms with E-state index in [0.717, 1.165) is 5.71 Å². The molecule has 0 radical (unpaired) electrons. The molecule has 2 heterocycles. The summed E-state index contributed by atoms with van der Waals surface area (Å²) in [7, 11) is 0. The van der Waals surface area contributed by atoms with E-state index >= 15 is 0 Å². The lowest BCUT2D eigenvalue weighted by molar-refractivity contribution is 1.02. The smallest absolute Gasteiger partial charge is 0.0543 e. The van der Waals surface area contributed by atoms with Gasteiger partial charge in [-0.3, -0.25) is 9.98 Å². The third-order valence-corrected chi connectivity index (χ3v) is 2.00. The number of hydrogen-bond donors (Lipinski definition) is 0. The lowest BCUT2D eigenvalue weighted by Gasteiger charge is -2.04. The Morgan fingerprint density at radius 2 is 2.00 bits per heavy atom. The van der Waals surface area contributed by atoms with Crippen LogP contribution >= 0.6 is 0 Å². The second-order valence-corrected chi connectivity index (χ2v) is 2.88. The first-order chi connectivity index (χ1) is 5.88. The molecule has 2 nitrogen and oxygen atoms in total. The zero-order valence-electron chi connectivity index (χ0n) is 6.94. The minimum Gasteiger partial charge on any atom is -0.265 e. The second-order valence-electron chi connectivity index (χ2n) is 2.88. The van der Waals surface area contributed by atoms with Crippen molar-refractivity contribution in [3.8, 4) is 0 Å². The Labute approximate surface area is 71.7 Å². The van der Waals surface area contributed by atoms with Gasteiger partial charge in [-0.1, -0.05) is 13.0 Å². The summed E-state index contributed by atoms with van der Waals surface area (Å²) in [4.78, 5) is 8.26. The fraction of sp³-hybridized carbons (Fsp3) is 0.200. The van der Waals surface area contributed by atoms with Crippen LogP contribution in [-0.2, 0) is 0 Å². The maximum atomic E-state index is 4.30. The molecule has 2 rings (SSSR count). The highest BCUT2D eigenvalue weighted by atomic mass is 14.7. The SMILES string of the molecule is CC1C=CN=C1c1ccncc1. The first kappa shape index (κ1) is 7.22. The molecule has 0 bridgehead atoms. The number of pyridine rings is 1. The molecular weight excluding hydrogens is 148 g/mol. The average molecular weight is 158 g/mol. The molecule has 0 fully saturated rings. The van der Waals surface area contributed by atoms with E-state index in [1.165, 1.54) is 5.56 Å². The van der Waals surface area contributed by atoms with E-state index in [1.54, 1.807) is 12.4 Å². The minimum absolute atomic E-state index is 0.437. The molecule has 0 amide bonds. The predicted octanol–water partition coefficient (Wildman–Crippen LogP) is 2.03. The molecule has 0 saturated heterocycles. The summed E-state index contributed by atoms with van der Waals surface area (Å²) in [6, 6.07) is 3.98. The van der Waals surface area contributed by atoms with Gasteiger partial charge in [0.05, 0.1) is 5.71 Å². The average Bonchev–Trinajstić information content (AvgIpc) is 2.53. The highest BCUT2D eigenvalue weighted by Crippen LogP contribution is 2.15. The predicted molar refractivity (Wildman–Crippen MR) is 49.1 cm³/mol. The van der Waals surface area contributed by atoms with Crippen molar-refractivity contribution in [3.05, 3.63) is 42.4 Å². The number of allylic oxidation sites excluding steroid dienone is 1. The maximum Gasteiger partial charge on any atom is 0.0543 e. The van der Waals surface area contributed by atoms with Gasteiger partial charge >= 0.3 is 0 Å². The van der Waals surface area contributed by atoms with Crippen LogP contribution in [0.3, 0.4) is 0 Å². The Morgan fingerprint density at radius 1 is 1.25 bits per heavy atom. The van der Waals surface area contributed by atoms with E-state index in [4.69, 9.17) is 0 Å².